The van der Waals surface area contributed by atoms with Crippen LogP contribution in [0.3, 0.4) is 0 Å². The van der Waals surface area contributed by atoms with E-state index in [1.54, 1.807) is 0 Å². The van der Waals surface area contributed by atoms with Gasteiger partial charge in [0.2, 0.25) is 5.91 Å². The summed E-state index contributed by atoms with van der Waals surface area (Å²) >= 11 is 0. The Labute approximate surface area is 166 Å². The molecule has 0 atom stereocenters. The Morgan fingerprint density at radius 2 is 1.96 bits per heavy atom. The fourth-order valence-corrected chi connectivity index (χ4v) is 3.43. The number of nitrogens with zero attached hydrogens (tertiary/aromatic N) is 2. The van der Waals surface area contributed by atoms with Gasteiger partial charge in [0.25, 0.3) is 0 Å². The molecule has 1 amide bonds. The van der Waals surface area contributed by atoms with Crippen molar-refractivity contribution in [3.8, 4) is 0 Å². The Morgan fingerprint density at radius 1 is 1.31 bits per heavy atom. The summed E-state index contributed by atoms with van der Waals surface area (Å²) in [6.45, 7) is 6.19. The summed E-state index contributed by atoms with van der Waals surface area (Å²) < 4.78 is 7.55. The first kappa shape index (κ1) is 22.7. The summed E-state index contributed by atoms with van der Waals surface area (Å²) in [5, 5.41) is 3.06. The molecule has 1 aromatic heterocycles. The second kappa shape index (κ2) is 9.55. The molecule has 8 heteroatoms. The number of hydrogen-bond acceptors (Lipinski definition) is 4. The molecule has 0 saturated carbocycles. The van der Waals surface area contributed by atoms with Crippen molar-refractivity contribution in [1.29, 1.82) is 0 Å². The van der Waals surface area contributed by atoms with E-state index in [9.17, 15) is 4.79 Å². The number of nitrogens with one attached hydrogen (secondary N) is 1. The lowest BCUT2D eigenvalue weighted by molar-refractivity contribution is -0.136. The largest absolute Gasteiger partial charge is 0.381 e. The molecular weight excluding hydrogens is 375 g/mol. The summed E-state index contributed by atoms with van der Waals surface area (Å²) in [5.41, 5.74) is 7.45. The highest BCUT2D eigenvalue weighted by molar-refractivity contribution is 5.85. The van der Waals surface area contributed by atoms with Crippen molar-refractivity contribution >= 4 is 41.8 Å². The Kier molecular flexibility index (Phi) is 8.34. The minimum atomic E-state index is -0.507. The van der Waals surface area contributed by atoms with E-state index in [0.29, 0.717) is 39.1 Å². The number of amides is 1. The molecule has 2 aromatic rings. The molecule has 1 saturated heterocycles. The molecule has 146 valence electrons. The van der Waals surface area contributed by atoms with Crippen molar-refractivity contribution in [2.75, 3.05) is 19.8 Å². The number of carbonyl (C=O) groups excluding carboxylic acids is 1. The van der Waals surface area contributed by atoms with Crippen LogP contribution >= 0.6 is 24.8 Å². The fourth-order valence-electron chi connectivity index (χ4n) is 3.43. The molecule has 0 aliphatic carbocycles. The van der Waals surface area contributed by atoms with Crippen molar-refractivity contribution in [2.24, 2.45) is 11.1 Å². The molecule has 1 aromatic carbocycles. The number of fused-ring (bicyclic) bond motifs is 1. The quantitative estimate of drug-likeness (QED) is 0.805. The van der Waals surface area contributed by atoms with Gasteiger partial charge in [-0.25, -0.2) is 4.98 Å². The number of para-hydroxylation sites is 2. The van der Waals surface area contributed by atoms with Crippen molar-refractivity contribution in [1.82, 2.24) is 14.9 Å². The third kappa shape index (κ3) is 4.31. The Morgan fingerprint density at radius 3 is 2.58 bits per heavy atom. The van der Waals surface area contributed by atoms with Gasteiger partial charge in [-0.15, -0.1) is 24.8 Å². The van der Waals surface area contributed by atoms with Crippen molar-refractivity contribution in [2.45, 2.75) is 39.3 Å². The van der Waals surface area contributed by atoms with E-state index in [2.05, 4.69) is 29.8 Å². The summed E-state index contributed by atoms with van der Waals surface area (Å²) in [7, 11) is 0. The van der Waals surface area contributed by atoms with E-state index in [1.165, 1.54) is 0 Å². The number of hydrogen-bond donors (Lipinski definition) is 2. The van der Waals surface area contributed by atoms with Gasteiger partial charge in [-0.3, -0.25) is 4.79 Å². The van der Waals surface area contributed by atoms with Crippen LogP contribution in [0, 0.1) is 5.41 Å². The zero-order valence-electron chi connectivity index (χ0n) is 15.2. The smallest absolute Gasteiger partial charge is 0.228 e. The van der Waals surface area contributed by atoms with Gasteiger partial charge in [0.1, 0.15) is 5.82 Å². The van der Waals surface area contributed by atoms with Crippen LogP contribution in [0.5, 0.6) is 0 Å². The SMILES string of the molecule is CC(C)n1c(CNC(=O)C2(CN)CCOCC2)nc2ccccc21.Cl.Cl. The van der Waals surface area contributed by atoms with E-state index in [-0.39, 0.29) is 36.8 Å². The first-order valence-corrected chi connectivity index (χ1v) is 8.59. The van der Waals surface area contributed by atoms with Crippen LogP contribution in [0.4, 0.5) is 0 Å². The second-order valence-corrected chi connectivity index (χ2v) is 6.76. The van der Waals surface area contributed by atoms with Gasteiger partial charge in [-0.05, 0) is 38.8 Å². The highest BCUT2D eigenvalue weighted by atomic mass is 35.5. The van der Waals surface area contributed by atoms with Gasteiger partial charge in [0.05, 0.1) is 23.0 Å². The molecule has 3 N–H and O–H groups in total. The first-order valence-electron chi connectivity index (χ1n) is 8.59. The molecule has 3 rings (SSSR count). The molecule has 6 nitrogen and oxygen atoms in total. The monoisotopic (exact) mass is 402 g/mol. The molecule has 1 aliphatic heterocycles. The number of carbonyl (C=O) groups is 1. The molecule has 1 fully saturated rings. The van der Waals surface area contributed by atoms with Gasteiger partial charge in [-0.1, -0.05) is 12.1 Å². The van der Waals surface area contributed by atoms with Gasteiger partial charge in [0, 0.05) is 25.8 Å². The standard InChI is InChI=1S/C18H26N4O2.2ClH/c1-13(2)22-15-6-4-3-5-14(15)21-16(22)11-20-17(23)18(12-19)7-9-24-10-8-18;;/h3-6,13H,7-12,19H2,1-2H3,(H,20,23);2*1H. The normalized spacial score (nSPS) is 16.0. The van der Waals surface area contributed by atoms with Crippen molar-refractivity contribution in [3.05, 3.63) is 30.1 Å². The number of rotatable bonds is 5. The molecule has 1 aliphatic rings. The van der Waals surface area contributed by atoms with E-state index >= 15 is 0 Å². The highest BCUT2D eigenvalue weighted by Gasteiger charge is 2.38. The Balaban J connectivity index is 0.00000169. The summed E-state index contributed by atoms with van der Waals surface area (Å²) in [6.07, 6.45) is 1.35. The van der Waals surface area contributed by atoms with Crippen molar-refractivity contribution < 1.29 is 9.53 Å². The molecule has 2 heterocycles. The maximum Gasteiger partial charge on any atom is 0.228 e. The van der Waals surface area contributed by atoms with Crippen LogP contribution in [0.1, 0.15) is 38.6 Å². The number of halogens is 2. The van der Waals surface area contributed by atoms with Crippen LogP contribution in [-0.2, 0) is 16.1 Å². The van der Waals surface area contributed by atoms with Crippen LogP contribution in [0.2, 0.25) is 0 Å². The van der Waals surface area contributed by atoms with Crippen molar-refractivity contribution in [3.63, 3.8) is 0 Å². The Bertz CT molecular complexity index is 727. The molecular formula is C18H28Cl2N4O2. The zero-order valence-corrected chi connectivity index (χ0v) is 16.9. The highest BCUT2D eigenvalue weighted by Crippen LogP contribution is 2.29. The van der Waals surface area contributed by atoms with E-state index < -0.39 is 5.41 Å². The molecule has 0 spiro atoms. The zero-order chi connectivity index (χ0) is 17.2. The summed E-state index contributed by atoms with van der Waals surface area (Å²) in [6, 6.07) is 8.33. The van der Waals surface area contributed by atoms with E-state index in [1.807, 2.05) is 18.2 Å². The van der Waals surface area contributed by atoms with Gasteiger partial charge >= 0.3 is 0 Å². The number of imidazole rings is 1. The maximum atomic E-state index is 12.7. The van der Waals surface area contributed by atoms with Gasteiger partial charge < -0.3 is 20.4 Å². The maximum absolute atomic E-state index is 12.7. The lowest BCUT2D eigenvalue weighted by atomic mass is 9.79. The van der Waals surface area contributed by atoms with Crippen LogP contribution in [-0.4, -0.2) is 35.2 Å². The number of nitrogens with two attached hydrogens (primary N) is 1. The fraction of sp³-hybridized carbons (Fsp3) is 0.556. The summed E-state index contributed by atoms with van der Waals surface area (Å²) in [5.74, 6) is 0.884. The number of benzene rings is 1. The van der Waals surface area contributed by atoms with Gasteiger partial charge in [0.15, 0.2) is 0 Å². The third-order valence-electron chi connectivity index (χ3n) is 4.91. The number of aromatic nitrogens is 2. The topological polar surface area (TPSA) is 82.2 Å². The molecule has 26 heavy (non-hydrogen) atoms. The Hall–Kier alpha value is -1.34. The lowest BCUT2D eigenvalue weighted by Gasteiger charge is -2.34. The average molecular weight is 403 g/mol. The van der Waals surface area contributed by atoms with Crippen LogP contribution < -0.4 is 11.1 Å². The van der Waals surface area contributed by atoms with Crippen LogP contribution in [0.25, 0.3) is 11.0 Å². The van der Waals surface area contributed by atoms with Gasteiger partial charge in [-0.2, -0.15) is 0 Å². The summed E-state index contributed by atoms with van der Waals surface area (Å²) in [4.78, 5) is 17.4. The molecule has 0 radical (unpaired) electrons. The van der Waals surface area contributed by atoms with Crippen LogP contribution in [0.15, 0.2) is 24.3 Å². The van der Waals surface area contributed by atoms with E-state index in [4.69, 9.17) is 15.5 Å². The second-order valence-electron chi connectivity index (χ2n) is 6.76. The minimum absolute atomic E-state index is 0. The lowest BCUT2D eigenvalue weighted by Crippen LogP contribution is -2.49. The minimum Gasteiger partial charge on any atom is -0.381 e. The molecule has 0 unspecified atom stereocenters. The van der Waals surface area contributed by atoms with E-state index in [0.717, 1.165) is 16.9 Å². The molecule has 0 bridgehead atoms. The predicted molar refractivity (Wildman–Crippen MR) is 108 cm³/mol. The first-order chi connectivity index (χ1) is 11.6. The third-order valence-corrected chi connectivity index (χ3v) is 4.91. The average Bonchev–Trinajstić information content (AvgIpc) is 2.98. The number of ether oxygens (including phenoxy) is 1. The predicted octanol–water partition coefficient (Wildman–Crippen LogP) is 2.83.